The Kier molecular flexibility index (Phi) is 13.5. The van der Waals surface area contributed by atoms with E-state index in [1.165, 1.54) is 43.4 Å². The lowest BCUT2D eigenvalue weighted by atomic mass is 10.0. The number of methoxy groups -OCH3 is 2. The van der Waals surface area contributed by atoms with Crippen molar-refractivity contribution in [2.75, 3.05) is 31.5 Å². The van der Waals surface area contributed by atoms with Crippen molar-refractivity contribution in [2.24, 2.45) is 0 Å². The number of para-hydroxylation sites is 1. The van der Waals surface area contributed by atoms with Crippen molar-refractivity contribution in [3.05, 3.63) is 131 Å². The highest BCUT2D eigenvalue weighted by molar-refractivity contribution is 8.00. The molecular weight excluding hydrogens is 711 g/mol. The molecule has 0 aliphatic rings. The standard InChI is InChI=1S/C41H39N3O7S2/c1-5-34(39(47)44-40-35(41(48)51-6-2)31(25-52-40)26-15-9-7-10-16-26)53-30-21-14-20-29(24-30)42-38(46)32(43-37(45)27-17-11-8-12-18-27)23-28-19-13-22-33(49-3)36(28)50-4/h7-25,34H,5-6H2,1-4H3,(H,42,46)(H,43,45)(H,44,47)/b32-23+. The van der Waals surface area contributed by atoms with Crippen molar-refractivity contribution < 1.29 is 33.4 Å². The smallest absolute Gasteiger partial charge is 0.341 e. The molecule has 53 heavy (non-hydrogen) atoms. The van der Waals surface area contributed by atoms with Crippen molar-refractivity contribution in [3.8, 4) is 22.6 Å². The Morgan fingerprint density at radius 1 is 0.830 bits per heavy atom. The maximum Gasteiger partial charge on any atom is 0.341 e. The molecule has 3 amide bonds. The van der Waals surface area contributed by atoms with Gasteiger partial charge in [0.15, 0.2) is 11.5 Å². The van der Waals surface area contributed by atoms with Gasteiger partial charge in [0, 0.05) is 32.7 Å². The predicted molar refractivity (Wildman–Crippen MR) is 211 cm³/mol. The van der Waals surface area contributed by atoms with E-state index in [1.54, 1.807) is 73.7 Å². The Bertz CT molecular complexity index is 2100. The molecule has 272 valence electrons. The van der Waals surface area contributed by atoms with Crippen LogP contribution in [0.3, 0.4) is 0 Å². The van der Waals surface area contributed by atoms with Crippen LogP contribution in [-0.2, 0) is 14.3 Å². The number of amides is 3. The summed E-state index contributed by atoms with van der Waals surface area (Å²) < 4.78 is 16.3. The fraction of sp³-hybridized carbons (Fsp3) is 0.171. The molecule has 5 rings (SSSR count). The molecule has 0 saturated heterocycles. The number of anilines is 2. The van der Waals surface area contributed by atoms with Gasteiger partial charge in [-0.2, -0.15) is 0 Å². The number of hydrogen-bond donors (Lipinski definition) is 3. The van der Waals surface area contributed by atoms with Gasteiger partial charge in [0.2, 0.25) is 5.91 Å². The third kappa shape index (κ3) is 9.73. The number of nitrogens with one attached hydrogen (secondary N) is 3. The normalized spacial score (nSPS) is 11.6. The van der Waals surface area contributed by atoms with Crippen LogP contribution in [0.25, 0.3) is 17.2 Å². The zero-order valence-corrected chi connectivity index (χ0v) is 31.3. The summed E-state index contributed by atoms with van der Waals surface area (Å²) in [7, 11) is 3.00. The summed E-state index contributed by atoms with van der Waals surface area (Å²) in [5.74, 6) is -0.982. The van der Waals surface area contributed by atoms with Crippen LogP contribution in [0, 0.1) is 0 Å². The molecule has 0 aliphatic heterocycles. The third-order valence-electron chi connectivity index (χ3n) is 7.89. The minimum atomic E-state index is -0.579. The molecule has 0 bridgehead atoms. The van der Waals surface area contributed by atoms with E-state index in [2.05, 4.69) is 16.0 Å². The fourth-order valence-corrected chi connectivity index (χ4v) is 7.31. The van der Waals surface area contributed by atoms with Crippen molar-refractivity contribution in [1.29, 1.82) is 0 Å². The van der Waals surface area contributed by atoms with E-state index in [1.807, 2.05) is 48.7 Å². The van der Waals surface area contributed by atoms with Crippen LogP contribution in [-0.4, -0.2) is 49.8 Å². The van der Waals surface area contributed by atoms with Gasteiger partial charge >= 0.3 is 5.97 Å². The van der Waals surface area contributed by atoms with Gasteiger partial charge in [-0.15, -0.1) is 23.1 Å². The number of ether oxygens (including phenoxy) is 3. The summed E-state index contributed by atoms with van der Waals surface area (Å²) in [6.45, 7) is 3.83. The zero-order valence-electron chi connectivity index (χ0n) is 29.6. The SMILES string of the molecule is CCOC(=O)c1c(-c2ccccc2)csc1NC(=O)C(CC)Sc1cccc(NC(=O)/C(=C\c2cccc(OC)c2OC)NC(=O)c2ccccc2)c1. The number of benzene rings is 4. The molecule has 1 atom stereocenters. The second kappa shape index (κ2) is 18.6. The second-order valence-electron chi connectivity index (χ2n) is 11.4. The third-order valence-corrected chi connectivity index (χ3v) is 10.1. The molecular formula is C41H39N3O7S2. The lowest BCUT2D eigenvalue weighted by Crippen LogP contribution is -2.30. The van der Waals surface area contributed by atoms with Gasteiger partial charge < -0.3 is 30.2 Å². The van der Waals surface area contributed by atoms with Gasteiger partial charge in [0.25, 0.3) is 11.8 Å². The summed E-state index contributed by atoms with van der Waals surface area (Å²) in [5, 5.41) is 10.3. The van der Waals surface area contributed by atoms with Crippen LogP contribution in [0.1, 0.15) is 46.5 Å². The fourth-order valence-electron chi connectivity index (χ4n) is 5.33. The quantitative estimate of drug-likeness (QED) is 0.0552. The highest BCUT2D eigenvalue weighted by Crippen LogP contribution is 2.37. The summed E-state index contributed by atoms with van der Waals surface area (Å²) in [5.41, 5.74) is 3.15. The van der Waals surface area contributed by atoms with Gasteiger partial charge in [-0.3, -0.25) is 14.4 Å². The minimum absolute atomic E-state index is 0.0301. The van der Waals surface area contributed by atoms with E-state index in [0.29, 0.717) is 50.9 Å². The molecule has 3 N–H and O–H groups in total. The average molecular weight is 750 g/mol. The van der Waals surface area contributed by atoms with Gasteiger partial charge in [-0.25, -0.2) is 4.79 Å². The van der Waals surface area contributed by atoms with Crippen molar-refractivity contribution in [3.63, 3.8) is 0 Å². The molecule has 0 spiro atoms. The molecule has 0 radical (unpaired) electrons. The van der Waals surface area contributed by atoms with Crippen LogP contribution in [0.4, 0.5) is 10.7 Å². The number of carbonyl (C=O) groups is 4. The predicted octanol–water partition coefficient (Wildman–Crippen LogP) is 8.53. The topological polar surface area (TPSA) is 132 Å². The number of hydrogen-bond acceptors (Lipinski definition) is 9. The number of carbonyl (C=O) groups excluding carboxylic acids is 4. The van der Waals surface area contributed by atoms with Crippen molar-refractivity contribution in [2.45, 2.75) is 30.4 Å². The second-order valence-corrected chi connectivity index (χ2v) is 13.5. The van der Waals surface area contributed by atoms with E-state index in [4.69, 9.17) is 14.2 Å². The molecule has 1 unspecified atom stereocenters. The summed E-state index contributed by atoms with van der Waals surface area (Å²) in [6, 6.07) is 30.3. The van der Waals surface area contributed by atoms with E-state index in [-0.39, 0.29) is 18.2 Å². The maximum absolute atomic E-state index is 13.8. The van der Waals surface area contributed by atoms with Gasteiger partial charge in [0.05, 0.1) is 26.1 Å². The van der Waals surface area contributed by atoms with Gasteiger partial charge in [-0.05, 0) is 61.4 Å². The highest BCUT2D eigenvalue weighted by Gasteiger charge is 2.26. The number of rotatable bonds is 15. The van der Waals surface area contributed by atoms with Crippen LogP contribution < -0.4 is 25.4 Å². The Hall–Kier alpha value is -5.85. The highest BCUT2D eigenvalue weighted by atomic mass is 32.2. The van der Waals surface area contributed by atoms with Crippen LogP contribution >= 0.6 is 23.1 Å². The lowest BCUT2D eigenvalue weighted by molar-refractivity contribution is -0.116. The summed E-state index contributed by atoms with van der Waals surface area (Å²) in [4.78, 5) is 54.4. The Balaban J connectivity index is 1.36. The van der Waals surface area contributed by atoms with Crippen molar-refractivity contribution >= 4 is 63.6 Å². The maximum atomic E-state index is 13.8. The summed E-state index contributed by atoms with van der Waals surface area (Å²) in [6.07, 6.45) is 2.01. The first-order valence-electron chi connectivity index (χ1n) is 16.8. The van der Waals surface area contributed by atoms with E-state index in [9.17, 15) is 19.2 Å². The lowest BCUT2D eigenvalue weighted by Gasteiger charge is -2.16. The molecule has 12 heteroatoms. The number of thioether (sulfide) groups is 1. The first-order valence-corrected chi connectivity index (χ1v) is 18.5. The van der Waals surface area contributed by atoms with Crippen LogP contribution in [0.5, 0.6) is 11.5 Å². The largest absolute Gasteiger partial charge is 0.493 e. The van der Waals surface area contributed by atoms with E-state index in [0.717, 1.165) is 10.5 Å². The van der Waals surface area contributed by atoms with E-state index >= 15 is 0 Å². The van der Waals surface area contributed by atoms with Crippen LogP contribution in [0.2, 0.25) is 0 Å². The molecule has 0 saturated carbocycles. The first kappa shape index (κ1) is 38.4. The van der Waals surface area contributed by atoms with Crippen molar-refractivity contribution in [1.82, 2.24) is 5.32 Å². The van der Waals surface area contributed by atoms with Gasteiger partial charge in [0.1, 0.15) is 16.3 Å². The Morgan fingerprint density at radius 3 is 2.23 bits per heavy atom. The molecule has 1 aromatic heterocycles. The monoisotopic (exact) mass is 749 g/mol. The zero-order chi connectivity index (χ0) is 37.7. The number of thiophene rings is 1. The van der Waals surface area contributed by atoms with Crippen LogP contribution in [0.15, 0.2) is 119 Å². The summed E-state index contributed by atoms with van der Waals surface area (Å²) >= 11 is 2.59. The minimum Gasteiger partial charge on any atom is -0.493 e. The van der Waals surface area contributed by atoms with E-state index < -0.39 is 23.0 Å². The molecule has 0 aliphatic carbocycles. The van der Waals surface area contributed by atoms with Gasteiger partial charge in [-0.1, -0.05) is 73.7 Å². The molecule has 5 aromatic rings. The average Bonchev–Trinajstić information content (AvgIpc) is 3.60. The first-order chi connectivity index (χ1) is 25.8. The number of esters is 1. The Morgan fingerprint density at radius 2 is 1.55 bits per heavy atom. The molecule has 4 aromatic carbocycles. The molecule has 1 heterocycles. The molecule has 10 nitrogen and oxygen atoms in total. The Labute approximate surface area is 316 Å². The molecule has 0 fully saturated rings.